The van der Waals surface area contributed by atoms with Crippen LogP contribution in [0, 0.1) is 0 Å². The molecule has 0 saturated carbocycles. The van der Waals surface area contributed by atoms with Gasteiger partial charge in [0.1, 0.15) is 5.76 Å². The summed E-state index contributed by atoms with van der Waals surface area (Å²) >= 11 is 0. The number of aldehydes is 1. The van der Waals surface area contributed by atoms with Crippen LogP contribution < -0.4 is 0 Å². The molecule has 0 unspecified atom stereocenters. The largest absolute Gasteiger partial charge is 0.453 e. The summed E-state index contributed by atoms with van der Waals surface area (Å²) in [5.41, 5.74) is 1.48. The molecule has 0 atom stereocenters. The molecule has 0 radical (unpaired) electrons. The van der Waals surface area contributed by atoms with E-state index < -0.39 is 0 Å². The number of benzene rings is 1. The molecule has 1 aliphatic heterocycles. The first-order valence-electron chi connectivity index (χ1n) is 7.22. The summed E-state index contributed by atoms with van der Waals surface area (Å²) in [6.07, 6.45) is 4.02. The number of rotatable bonds is 3. The summed E-state index contributed by atoms with van der Waals surface area (Å²) in [4.78, 5) is 25.1. The van der Waals surface area contributed by atoms with Gasteiger partial charge in [-0.2, -0.15) is 0 Å². The number of hydrogen-bond donors (Lipinski definition) is 0. The van der Waals surface area contributed by atoms with Gasteiger partial charge in [-0.25, -0.2) is 0 Å². The molecule has 4 heteroatoms. The summed E-state index contributed by atoms with van der Waals surface area (Å²) in [6, 6.07) is 10.7. The van der Waals surface area contributed by atoms with Crippen molar-refractivity contribution in [3.63, 3.8) is 0 Å². The summed E-state index contributed by atoms with van der Waals surface area (Å²) in [5, 5.41) is 0. The van der Waals surface area contributed by atoms with Crippen LogP contribution in [0.3, 0.4) is 0 Å². The van der Waals surface area contributed by atoms with Crippen molar-refractivity contribution >= 4 is 12.2 Å². The van der Waals surface area contributed by atoms with Crippen LogP contribution in [0.2, 0.25) is 0 Å². The van der Waals surface area contributed by atoms with E-state index in [1.54, 1.807) is 12.1 Å². The summed E-state index contributed by atoms with van der Waals surface area (Å²) < 4.78 is 5.41. The second kappa shape index (κ2) is 5.95. The minimum absolute atomic E-state index is 0.0683. The molecule has 0 spiro atoms. The standard InChI is InChI=1S/C17H17NO3/c19-12-15-7-8-16(21-15)13-5-4-6-14(11-13)17(20)18-9-2-1-3-10-18/h4-8,11-12H,1-3,9-10H2. The van der Waals surface area contributed by atoms with Crippen molar-refractivity contribution in [2.75, 3.05) is 13.1 Å². The lowest BCUT2D eigenvalue weighted by molar-refractivity contribution is 0.0724. The number of furan rings is 1. The monoisotopic (exact) mass is 283 g/mol. The van der Waals surface area contributed by atoms with Crippen molar-refractivity contribution in [2.45, 2.75) is 19.3 Å². The lowest BCUT2D eigenvalue weighted by atomic mass is 10.1. The van der Waals surface area contributed by atoms with E-state index in [0.717, 1.165) is 31.5 Å². The molecule has 108 valence electrons. The number of carbonyl (C=O) groups excluding carboxylic acids is 2. The van der Waals surface area contributed by atoms with Gasteiger partial charge >= 0.3 is 0 Å². The second-order valence-corrected chi connectivity index (χ2v) is 5.25. The van der Waals surface area contributed by atoms with Gasteiger partial charge < -0.3 is 9.32 Å². The van der Waals surface area contributed by atoms with Crippen molar-refractivity contribution < 1.29 is 14.0 Å². The Kier molecular flexibility index (Phi) is 3.86. The lowest BCUT2D eigenvalue weighted by Crippen LogP contribution is -2.35. The average molecular weight is 283 g/mol. The molecule has 1 aromatic carbocycles. The summed E-state index contributed by atoms with van der Waals surface area (Å²) in [6.45, 7) is 1.66. The highest BCUT2D eigenvalue weighted by molar-refractivity contribution is 5.95. The molecule has 2 aromatic rings. The van der Waals surface area contributed by atoms with E-state index in [0.29, 0.717) is 17.6 Å². The fourth-order valence-corrected chi connectivity index (χ4v) is 2.66. The van der Waals surface area contributed by atoms with Crippen LogP contribution in [-0.2, 0) is 0 Å². The molecule has 1 amide bonds. The first kappa shape index (κ1) is 13.6. The maximum atomic E-state index is 12.5. The van der Waals surface area contributed by atoms with Gasteiger partial charge in [0.2, 0.25) is 0 Å². The average Bonchev–Trinajstić information content (AvgIpc) is 3.04. The quantitative estimate of drug-likeness (QED) is 0.811. The van der Waals surface area contributed by atoms with E-state index >= 15 is 0 Å². The molecule has 3 rings (SSSR count). The second-order valence-electron chi connectivity index (χ2n) is 5.25. The highest BCUT2D eigenvalue weighted by atomic mass is 16.3. The van der Waals surface area contributed by atoms with Crippen LogP contribution >= 0.6 is 0 Å². The predicted octanol–water partition coefficient (Wildman–Crippen LogP) is 3.39. The molecule has 4 nitrogen and oxygen atoms in total. The van der Waals surface area contributed by atoms with Crippen LogP contribution in [0.5, 0.6) is 0 Å². The molecule has 21 heavy (non-hydrogen) atoms. The fraction of sp³-hybridized carbons (Fsp3) is 0.294. The molecule has 0 aliphatic carbocycles. The summed E-state index contributed by atoms with van der Waals surface area (Å²) in [7, 11) is 0. The van der Waals surface area contributed by atoms with E-state index in [2.05, 4.69) is 0 Å². The Morgan fingerprint density at radius 3 is 2.62 bits per heavy atom. The first-order valence-corrected chi connectivity index (χ1v) is 7.22. The van der Waals surface area contributed by atoms with Crippen LogP contribution in [0.15, 0.2) is 40.8 Å². The minimum Gasteiger partial charge on any atom is -0.453 e. The van der Waals surface area contributed by atoms with Gasteiger partial charge in [-0.1, -0.05) is 12.1 Å². The van der Waals surface area contributed by atoms with Gasteiger partial charge in [-0.3, -0.25) is 9.59 Å². The van der Waals surface area contributed by atoms with Gasteiger partial charge in [-0.15, -0.1) is 0 Å². The molecule has 1 fully saturated rings. The van der Waals surface area contributed by atoms with Crippen molar-refractivity contribution in [3.05, 3.63) is 47.7 Å². The van der Waals surface area contributed by atoms with Gasteiger partial charge in [0, 0.05) is 24.2 Å². The zero-order chi connectivity index (χ0) is 14.7. The normalized spacial score (nSPS) is 15.0. The summed E-state index contributed by atoms with van der Waals surface area (Å²) in [5.74, 6) is 0.960. The van der Waals surface area contributed by atoms with E-state index in [1.165, 1.54) is 6.42 Å². The first-order chi connectivity index (χ1) is 10.3. The SMILES string of the molecule is O=Cc1ccc(-c2cccc(C(=O)N3CCCCC3)c2)o1. The van der Waals surface area contributed by atoms with E-state index in [9.17, 15) is 9.59 Å². The van der Waals surface area contributed by atoms with E-state index in [1.807, 2.05) is 29.2 Å². The van der Waals surface area contributed by atoms with Gasteiger partial charge in [0.15, 0.2) is 12.0 Å². The zero-order valence-electron chi connectivity index (χ0n) is 11.7. The Morgan fingerprint density at radius 1 is 1.10 bits per heavy atom. The van der Waals surface area contributed by atoms with Crippen molar-refractivity contribution in [1.29, 1.82) is 0 Å². The maximum absolute atomic E-state index is 12.5. The Morgan fingerprint density at radius 2 is 1.90 bits per heavy atom. The van der Waals surface area contributed by atoms with Gasteiger partial charge in [0.25, 0.3) is 5.91 Å². The maximum Gasteiger partial charge on any atom is 0.253 e. The van der Waals surface area contributed by atoms with Crippen LogP contribution in [-0.4, -0.2) is 30.2 Å². The molecule has 0 bridgehead atoms. The van der Waals surface area contributed by atoms with Crippen LogP contribution in [0.1, 0.15) is 40.2 Å². The number of piperidine rings is 1. The van der Waals surface area contributed by atoms with Crippen molar-refractivity contribution in [3.8, 4) is 11.3 Å². The zero-order valence-corrected chi connectivity index (χ0v) is 11.7. The van der Waals surface area contributed by atoms with Crippen molar-refractivity contribution in [1.82, 2.24) is 4.90 Å². The smallest absolute Gasteiger partial charge is 0.253 e. The third-order valence-corrected chi connectivity index (χ3v) is 3.78. The molecule has 1 aliphatic rings. The third-order valence-electron chi connectivity index (χ3n) is 3.78. The Balaban J connectivity index is 1.85. The van der Waals surface area contributed by atoms with Crippen LogP contribution in [0.4, 0.5) is 0 Å². The number of amides is 1. The molecule has 2 heterocycles. The van der Waals surface area contributed by atoms with E-state index in [4.69, 9.17) is 4.42 Å². The number of nitrogens with zero attached hydrogens (tertiary/aromatic N) is 1. The van der Waals surface area contributed by atoms with Gasteiger partial charge in [0.05, 0.1) is 0 Å². The molecule has 0 N–H and O–H groups in total. The molecule has 1 saturated heterocycles. The topological polar surface area (TPSA) is 50.5 Å². The highest BCUT2D eigenvalue weighted by Crippen LogP contribution is 2.23. The van der Waals surface area contributed by atoms with E-state index in [-0.39, 0.29) is 11.7 Å². The van der Waals surface area contributed by atoms with Gasteiger partial charge in [-0.05, 0) is 43.5 Å². The minimum atomic E-state index is 0.0683. The molecule has 1 aromatic heterocycles. The Bertz CT molecular complexity index is 654. The lowest BCUT2D eigenvalue weighted by Gasteiger charge is -2.26. The fourth-order valence-electron chi connectivity index (χ4n) is 2.66. The Hall–Kier alpha value is -2.36. The number of hydrogen-bond acceptors (Lipinski definition) is 3. The number of likely N-dealkylation sites (tertiary alicyclic amines) is 1. The third kappa shape index (κ3) is 2.89. The molecular weight excluding hydrogens is 266 g/mol. The van der Waals surface area contributed by atoms with Crippen molar-refractivity contribution in [2.24, 2.45) is 0 Å². The predicted molar refractivity (Wildman–Crippen MR) is 79.3 cm³/mol. The highest BCUT2D eigenvalue weighted by Gasteiger charge is 2.18. The number of carbonyl (C=O) groups is 2. The molecular formula is C17H17NO3. The van der Waals surface area contributed by atoms with Crippen LogP contribution in [0.25, 0.3) is 11.3 Å². The Labute approximate surface area is 123 Å².